The number of likely N-dealkylation sites (tertiary alicyclic amines) is 1. The molecule has 1 amide bonds. The lowest BCUT2D eigenvalue weighted by molar-refractivity contribution is -0.134. The van der Waals surface area contributed by atoms with E-state index in [4.69, 9.17) is 5.73 Å². The van der Waals surface area contributed by atoms with Crippen molar-refractivity contribution in [3.8, 4) is 0 Å². The highest BCUT2D eigenvalue weighted by Crippen LogP contribution is 2.25. The van der Waals surface area contributed by atoms with Gasteiger partial charge in [-0.3, -0.25) is 9.78 Å². The molecule has 2 atom stereocenters. The average Bonchev–Trinajstić information content (AvgIpc) is 3.06. The Balaban J connectivity index is 1.89. The molecule has 1 aliphatic heterocycles. The fraction of sp³-hybridized carbons (Fsp3) is 0.375. The quantitative estimate of drug-likeness (QED) is 0.888. The molecule has 0 aliphatic carbocycles. The lowest BCUT2D eigenvalue weighted by atomic mass is 9.98. The van der Waals surface area contributed by atoms with Gasteiger partial charge in [-0.05, 0) is 30.5 Å². The maximum Gasteiger partial charge on any atom is 0.242 e. The molecule has 0 spiro atoms. The first-order chi connectivity index (χ1) is 10.2. The summed E-state index contributed by atoms with van der Waals surface area (Å²) in [4.78, 5) is 18.3. The summed E-state index contributed by atoms with van der Waals surface area (Å²) in [5, 5.41) is 11.3. The molecular weight excluding hydrogens is 266 g/mol. The van der Waals surface area contributed by atoms with Gasteiger partial charge in [-0.25, -0.2) is 0 Å². The van der Waals surface area contributed by atoms with Crippen molar-refractivity contribution >= 4 is 16.8 Å². The molecule has 2 aromatic rings. The van der Waals surface area contributed by atoms with Crippen LogP contribution in [-0.4, -0.2) is 40.0 Å². The maximum absolute atomic E-state index is 12.3. The maximum atomic E-state index is 12.3. The molecule has 0 unspecified atom stereocenters. The molecule has 1 aromatic carbocycles. The fourth-order valence-electron chi connectivity index (χ4n) is 2.85. The number of amides is 1. The lowest BCUT2D eigenvalue weighted by Crippen LogP contribution is -2.45. The first kappa shape index (κ1) is 14.0. The van der Waals surface area contributed by atoms with Gasteiger partial charge in [0, 0.05) is 24.7 Å². The number of hydrogen-bond donors (Lipinski definition) is 2. The number of aromatic nitrogens is 1. The van der Waals surface area contributed by atoms with Crippen molar-refractivity contribution in [1.29, 1.82) is 0 Å². The highest BCUT2D eigenvalue weighted by Gasteiger charge is 2.30. The molecule has 0 radical (unpaired) electrons. The van der Waals surface area contributed by atoms with Crippen LogP contribution < -0.4 is 5.73 Å². The van der Waals surface area contributed by atoms with Crippen molar-refractivity contribution in [2.75, 3.05) is 13.1 Å². The van der Waals surface area contributed by atoms with Crippen molar-refractivity contribution in [1.82, 2.24) is 9.88 Å². The van der Waals surface area contributed by atoms with Gasteiger partial charge >= 0.3 is 0 Å². The number of rotatable bonds is 3. The number of nitrogens with two attached hydrogens (primary N) is 1. The Labute approximate surface area is 123 Å². The molecule has 0 bridgehead atoms. The number of benzene rings is 1. The molecule has 110 valence electrons. The number of carbonyl (C=O) groups is 1. The Morgan fingerprint density at radius 1 is 1.24 bits per heavy atom. The summed E-state index contributed by atoms with van der Waals surface area (Å²) in [6, 6.07) is 8.32. The van der Waals surface area contributed by atoms with Gasteiger partial charge in [0.25, 0.3) is 0 Å². The van der Waals surface area contributed by atoms with Crippen LogP contribution in [0.2, 0.25) is 0 Å². The zero-order valence-corrected chi connectivity index (χ0v) is 11.8. The van der Waals surface area contributed by atoms with Crippen LogP contribution >= 0.6 is 0 Å². The zero-order valence-electron chi connectivity index (χ0n) is 11.8. The topological polar surface area (TPSA) is 79.5 Å². The second-order valence-electron chi connectivity index (χ2n) is 5.42. The first-order valence-electron chi connectivity index (χ1n) is 7.24. The number of carbonyl (C=O) groups excluding carboxylic acids is 1. The molecule has 1 aliphatic rings. The molecule has 0 saturated carbocycles. The van der Waals surface area contributed by atoms with Crippen LogP contribution in [0.25, 0.3) is 10.9 Å². The smallest absolute Gasteiger partial charge is 0.242 e. The van der Waals surface area contributed by atoms with Crippen molar-refractivity contribution in [2.45, 2.75) is 25.0 Å². The van der Waals surface area contributed by atoms with Gasteiger partial charge in [0.1, 0.15) is 12.1 Å². The zero-order chi connectivity index (χ0) is 14.8. The molecule has 5 nitrogen and oxygen atoms in total. The van der Waals surface area contributed by atoms with E-state index in [-0.39, 0.29) is 5.91 Å². The van der Waals surface area contributed by atoms with Crippen LogP contribution in [0.4, 0.5) is 0 Å². The Bertz CT molecular complexity index is 648. The van der Waals surface area contributed by atoms with Crippen LogP contribution in [0, 0.1) is 0 Å². The summed E-state index contributed by atoms with van der Waals surface area (Å²) in [5.74, 6) is -0.180. The second kappa shape index (κ2) is 5.79. The number of nitrogens with zero attached hydrogens (tertiary/aromatic N) is 2. The highest BCUT2D eigenvalue weighted by atomic mass is 16.3. The predicted molar refractivity (Wildman–Crippen MR) is 80.5 cm³/mol. The largest absolute Gasteiger partial charge is 0.386 e. The Kier molecular flexibility index (Phi) is 3.86. The lowest BCUT2D eigenvalue weighted by Gasteiger charge is -2.24. The van der Waals surface area contributed by atoms with Crippen LogP contribution in [0.3, 0.4) is 0 Å². The van der Waals surface area contributed by atoms with Crippen LogP contribution in [0.5, 0.6) is 0 Å². The predicted octanol–water partition coefficient (Wildman–Crippen LogP) is 1.22. The van der Waals surface area contributed by atoms with E-state index in [1.807, 2.05) is 24.3 Å². The Morgan fingerprint density at radius 2 is 1.95 bits per heavy atom. The van der Waals surface area contributed by atoms with Gasteiger partial charge in [-0.15, -0.1) is 0 Å². The van der Waals surface area contributed by atoms with Crippen molar-refractivity contribution < 1.29 is 9.90 Å². The number of fused-ring (bicyclic) bond motifs is 1. The molecule has 5 heteroatoms. The van der Waals surface area contributed by atoms with E-state index >= 15 is 0 Å². The monoisotopic (exact) mass is 285 g/mol. The third kappa shape index (κ3) is 2.62. The number of hydrogen-bond acceptors (Lipinski definition) is 4. The summed E-state index contributed by atoms with van der Waals surface area (Å²) in [6.07, 6.45) is 2.62. The highest BCUT2D eigenvalue weighted by molar-refractivity contribution is 5.86. The summed E-state index contributed by atoms with van der Waals surface area (Å²) >= 11 is 0. The molecule has 2 heterocycles. The average molecular weight is 285 g/mol. The van der Waals surface area contributed by atoms with Crippen molar-refractivity contribution in [3.05, 3.63) is 42.1 Å². The molecule has 21 heavy (non-hydrogen) atoms. The molecular formula is C16H19N3O2. The summed E-state index contributed by atoms with van der Waals surface area (Å²) in [6.45, 7) is 1.46. The van der Waals surface area contributed by atoms with Gasteiger partial charge < -0.3 is 15.7 Å². The molecule has 1 aromatic heterocycles. The second-order valence-corrected chi connectivity index (χ2v) is 5.42. The van der Waals surface area contributed by atoms with Crippen LogP contribution in [0.1, 0.15) is 24.5 Å². The molecule has 3 N–H and O–H groups in total. The number of para-hydroxylation sites is 1. The minimum absolute atomic E-state index is 0.180. The third-order valence-corrected chi connectivity index (χ3v) is 4.04. The Hall–Kier alpha value is -1.98. The van der Waals surface area contributed by atoms with Gasteiger partial charge in [0.15, 0.2) is 0 Å². The van der Waals surface area contributed by atoms with E-state index in [2.05, 4.69) is 4.98 Å². The molecule has 1 saturated heterocycles. The number of aliphatic hydroxyl groups is 1. The van der Waals surface area contributed by atoms with E-state index in [1.165, 1.54) is 0 Å². The van der Waals surface area contributed by atoms with Crippen molar-refractivity contribution in [3.63, 3.8) is 0 Å². The SMILES string of the molecule is N[C@@H](C(=O)N1CCCC1)[C@@H](O)c1ccnc2ccccc12. The van der Waals surface area contributed by atoms with E-state index < -0.39 is 12.1 Å². The summed E-state index contributed by atoms with van der Waals surface area (Å²) in [7, 11) is 0. The molecule has 3 rings (SSSR count). The molecule has 1 fully saturated rings. The number of aliphatic hydroxyl groups excluding tert-OH is 1. The minimum atomic E-state index is -1.02. The van der Waals surface area contributed by atoms with E-state index in [0.29, 0.717) is 5.56 Å². The minimum Gasteiger partial charge on any atom is -0.386 e. The van der Waals surface area contributed by atoms with Gasteiger partial charge in [0.2, 0.25) is 5.91 Å². The third-order valence-electron chi connectivity index (χ3n) is 4.04. The summed E-state index contributed by atoms with van der Waals surface area (Å²) < 4.78 is 0. The number of pyridine rings is 1. The van der Waals surface area contributed by atoms with E-state index in [9.17, 15) is 9.90 Å². The normalized spacial score (nSPS) is 17.9. The Morgan fingerprint density at radius 3 is 2.71 bits per heavy atom. The summed E-state index contributed by atoms with van der Waals surface area (Å²) in [5.41, 5.74) is 7.44. The fourth-order valence-corrected chi connectivity index (χ4v) is 2.85. The van der Waals surface area contributed by atoms with Crippen LogP contribution in [-0.2, 0) is 4.79 Å². The van der Waals surface area contributed by atoms with Gasteiger partial charge in [-0.2, -0.15) is 0 Å². The standard InChI is InChI=1S/C16H19N3O2/c17-14(16(21)19-9-3-4-10-19)15(20)12-7-8-18-13-6-2-1-5-11(12)13/h1-2,5-8,14-15,20H,3-4,9-10,17H2/t14-,15+/m1/s1. The van der Waals surface area contributed by atoms with Gasteiger partial charge in [0.05, 0.1) is 5.52 Å². The van der Waals surface area contributed by atoms with Gasteiger partial charge in [-0.1, -0.05) is 18.2 Å². The first-order valence-corrected chi connectivity index (χ1v) is 7.24. The van der Waals surface area contributed by atoms with E-state index in [0.717, 1.165) is 36.8 Å². The van der Waals surface area contributed by atoms with Crippen LogP contribution in [0.15, 0.2) is 36.5 Å². The van der Waals surface area contributed by atoms with Crippen molar-refractivity contribution in [2.24, 2.45) is 5.73 Å². The van der Waals surface area contributed by atoms with E-state index in [1.54, 1.807) is 17.2 Å².